The number of benzene rings is 2. The fourth-order valence-electron chi connectivity index (χ4n) is 4.61. The number of amides is 1. The zero-order valence-corrected chi connectivity index (χ0v) is 18.7. The van der Waals surface area contributed by atoms with Crippen molar-refractivity contribution < 1.29 is 14.5 Å². The van der Waals surface area contributed by atoms with Crippen LogP contribution in [0.3, 0.4) is 0 Å². The van der Waals surface area contributed by atoms with Gasteiger partial charge in [0.05, 0.1) is 18.1 Å². The van der Waals surface area contributed by atoms with Gasteiger partial charge >= 0.3 is 0 Å². The molecule has 2 aromatic rings. The predicted molar refractivity (Wildman–Crippen MR) is 124 cm³/mol. The van der Waals surface area contributed by atoms with Gasteiger partial charge in [-0.05, 0) is 56.2 Å². The molecule has 32 heavy (non-hydrogen) atoms. The summed E-state index contributed by atoms with van der Waals surface area (Å²) in [6.07, 6.45) is 4.15. The average Bonchev–Trinajstić information content (AvgIpc) is 2.84. The molecule has 0 aromatic heterocycles. The van der Waals surface area contributed by atoms with Crippen LogP contribution in [-0.2, 0) is 11.2 Å². The molecule has 2 aliphatic heterocycles. The summed E-state index contributed by atoms with van der Waals surface area (Å²) in [5.41, 5.74) is 3.59. The van der Waals surface area contributed by atoms with Crippen LogP contribution in [0.25, 0.3) is 0 Å². The molecule has 2 saturated heterocycles. The highest BCUT2D eigenvalue weighted by molar-refractivity contribution is 5.96. The number of nitro benzene ring substituents is 1. The summed E-state index contributed by atoms with van der Waals surface area (Å²) in [5, 5.41) is 11.7. The molecule has 0 atom stereocenters. The number of nitro groups is 1. The maximum atomic E-state index is 13.0. The first-order chi connectivity index (χ1) is 15.5. The van der Waals surface area contributed by atoms with Crippen LogP contribution in [0.1, 0.15) is 40.7 Å². The van der Waals surface area contributed by atoms with E-state index in [1.54, 1.807) is 12.1 Å². The highest BCUT2D eigenvalue weighted by Gasteiger charge is 2.27. The lowest BCUT2D eigenvalue weighted by molar-refractivity contribution is -0.384. The molecule has 0 unspecified atom stereocenters. The van der Waals surface area contributed by atoms with Gasteiger partial charge in [0, 0.05) is 37.8 Å². The van der Waals surface area contributed by atoms with Crippen LogP contribution in [-0.4, -0.2) is 55.1 Å². The lowest BCUT2D eigenvalue weighted by Crippen LogP contribution is -2.39. The van der Waals surface area contributed by atoms with Crippen molar-refractivity contribution in [2.75, 3.05) is 44.3 Å². The van der Waals surface area contributed by atoms with Gasteiger partial charge in [0.25, 0.3) is 11.6 Å². The Morgan fingerprint density at radius 1 is 1.06 bits per heavy atom. The molecule has 2 aromatic carbocycles. The Bertz CT molecular complexity index is 946. The molecule has 1 amide bonds. The third-order valence-corrected chi connectivity index (χ3v) is 6.63. The van der Waals surface area contributed by atoms with E-state index in [0.29, 0.717) is 56.6 Å². The van der Waals surface area contributed by atoms with Crippen LogP contribution >= 0.6 is 0 Å². The second kappa shape index (κ2) is 10.1. The number of ether oxygens (including phenoxy) is 1. The number of aryl methyl sites for hydroxylation is 2. The molecule has 2 fully saturated rings. The Labute approximate surface area is 189 Å². The van der Waals surface area contributed by atoms with Gasteiger partial charge in [0.1, 0.15) is 5.69 Å². The van der Waals surface area contributed by atoms with E-state index in [9.17, 15) is 14.9 Å². The summed E-state index contributed by atoms with van der Waals surface area (Å²) in [5.74, 6) is 0.497. The molecule has 170 valence electrons. The molecule has 0 N–H and O–H groups in total. The van der Waals surface area contributed by atoms with E-state index in [1.807, 2.05) is 9.80 Å². The molecule has 0 spiro atoms. The topological polar surface area (TPSA) is 75.9 Å². The number of hydrogen-bond donors (Lipinski definition) is 0. The quantitative estimate of drug-likeness (QED) is 0.499. The minimum atomic E-state index is -0.390. The summed E-state index contributed by atoms with van der Waals surface area (Å²) >= 11 is 0. The van der Waals surface area contributed by atoms with E-state index in [4.69, 9.17) is 4.74 Å². The average molecular weight is 438 g/mol. The largest absolute Gasteiger partial charge is 0.378 e. The van der Waals surface area contributed by atoms with Crippen molar-refractivity contribution in [1.82, 2.24) is 4.90 Å². The van der Waals surface area contributed by atoms with E-state index >= 15 is 0 Å². The Hall–Kier alpha value is -2.93. The number of likely N-dealkylation sites (tertiary alicyclic amines) is 1. The first kappa shape index (κ1) is 22.3. The lowest BCUT2D eigenvalue weighted by Gasteiger charge is -2.32. The molecule has 4 rings (SSSR count). The molecule has 0 radical (unpaired) electrons. The molecular weight excluding hydrogens is 406 g/mol. The summed E-state index contributed by atoms with van der Waals surface area (Å²) in [6.45, 7) is 5.84. The fourth-order valence-corrected chi connectivity index (χ4v) is 4.61. The standard InChI is InChI=1S/C25H31N3O4/c1-19-2-4-20(5-3-19)6-7-21-10-12-27(13-11-21)25(29)22-8-9-23(24(18-22)28(30)31)26-14-16-32-17-15-26/h2-5,8-9,18,21H,6-7,10-17H2,1H3. The summed E-state index contributed by atoms with van der Waals surface area (Å²) in [7, 11) is 0. The number of rotatable bonds is 6. The normalized spacial score (nSPS) is 17.4. The van der Waals surface area contributed by atoms with Crippen LogP contribution < -0.4 is 4.90 Å². The van der Waals surface area contributed by atoms with Crippen molar-refractivity contribution in [2.24, 2.45) is 5.92 Å². The number of carbonyl (C=O) groups is 1. The van der Waals surface area contributed by atoms with Gasteiger partial charge in [0.15, 0.2) is 0 Å². The smallest absolute Gasteiger partial charge is 0.293 e. The molecule has 2 heterocycles. The van der Waals surface area contributed by atoms with E-state index in [0.717, 1.165) is 25.7 Å². The number of nitrogens with zero attached hydrogens (tertiary/aromatic N) is 3. The Morgan fingerprint density at radius 3 is 2.41 bits per heavy atom. The van der Waals surface area contributed by atoms with Gasteiger partial charge < -0.3 is 14.5 Å². The van der Waals surface area contributed by atoms with Gasteiger partial charge in [-0.2, -0.15) is 0 Å². The summed E-state index contributed by atoms with van der Waals surface area (Å²) in [6, 6.07) is 13.6. The van der Waals surface area contributed by atoms with Gasteiger partial charge in [0.2, 0.25) is 0 Å². The van der Waals surface area contributed by atoms with Crippen molar-refractivity contribution in [3.05, 3.63) is 69.3 Å². The van der Waals surface area contributed by atoms with Crippen LogP contribution in [0.2, 0.25) is 0 Å². The maximum Gasteiger partial charge on any atom is 0.293 e. The summed E-state index contributed by atoms with van der Waals surface area (Å²) in [4.78, 5) is 28.1. The predicted octanol–water partition coefficient (Wildman–Crippen LogP) is 4.22. The van der Waals surface area contributed by atoms with Crippen LogP contribution in [0.5, 0.6) is 0 Å². The van der Waals surface area contributed by atoms with E-state index in [2.05, 4.69) is 31.2 Å². The minimum absolute atomic E-state index is 0.00858. The van der Waals surface area contributed by atoms with Gasteiger partial charge in [-0.25, -0.2) is 0 Å². The van der Waals surface area contributed by atoms with E-state index < -0.39 is 0 Å². The first-order valence-electron chi connectivity index (χ1n) is 11.5. The monoisotopic (exact) mass is 437 g/mol. The molecule has 7 nitrogen and oxygen atoms in total. The first-order valence-corrected chi connectivity index (χ1v) is 11.5. The van der Waals surface area contributed by atoms with Crippen molar-refractivity contribution >= 4 is 17.3 Å². The van der Waals surface area contributed by atoms with Crippen LogP contribution in [0, 0.1) is 23.0 Å². The SMILES string of the molecule is Cc1ccc(CCC2CCN(C(=O)c3ccc(N4CCOCC4)c([N+](=O)[O-])c3)CC2)cc1. The molecule has 0 aliphatic carbocycles. The number of carbonyl (C=O) groups excluding carboxylic acids is 1. The maximum absolute atomic E-state index is 13.0. The number of anilines is 1. The van der Waals surface area contributed by atoms with Crippen molar-refractivity contribution in [1.29, 1.82) is 0 Å². The van der Waals surface area contributed by atoms with Crippen LogP contribution in [0.15, 0.2) is 42.5 Å². The van der Waals surface area contributed by atoms with Gasteiger partial charge in [-0.3, -0.25) is 14.9 Å². The summed E-state index contributed by atoms with van der Waals surface area (Å²) < 4.78 is 5.35. The van der Waals surface area contributed by atoms with Crippen LogP contribution in [0.4, 0.5) is 11.4 Å². The van der Waals surface area contributed by atoms with E-state index in [-0.39, 0.29) is 16.5 Å². The van der Waals surface area contributed by atoms with Gasteiger partial charge in [-0.1, -0.05) is 29.8 Å². The third-order valence-electron chi connectivity index (χ3n) is 6.63. The lowest BCUT2D eigenvalue weighted by atomic mass is 9.90. The number of piperidine rings is 1. The Balaban J connectivity index is 1.35. The van der Waals surface area contributed by atoms with Crippen molar-refractivity contribution in [3.8, 4) is 0 Å². The fraction of sp³-hybridized carbons (Fsp3) is 0.480. The van der Waals surface area contributed by atoms with Crippen molar-refractivity contribution in [3.63, 3.8) is 0 Å². The molecular formula is C25H31N3O4. The zero-order chi connectivity index (χ0) is 22.5. The Morgan fingerprint density at radius 2 is 1.75 bits per heavy atom. The minimum Gasteiger partial charge on any atom is -0.378 e. The zero-order valence-electron chi connectivity index (χ0n) is 18.7. The highest BCUT2D eigenvalue weighted by atomic mass is 16.6. The molecule has 0 saturated carbocycles. The molecule has 7 heteroatoms. The third kappa shape index (κ3) is 5.27. The Kier molecular flexibility index (Phi) is 7.05. The number of morpholine rings is 1. The van der Waals surface area contributed by atoms with Crippen molar-refractivity contribution in [2.45, 2.75) is 32.6 Å². The molecule has 2 aliphatic rings. The second-order valence-electron chi connectivity index (χ2n) is 8.82. The van der Waals surface area contributed by atoms with Gasteiger partial charge in [-0.15, -0.1) is 0 Å². The highest BCUT2D eigenvalue weighted by Crippen LogP contribution is 2.31. The molecule has 0 bridgehead atoms. The van der Waals surface area contributed by atoms with E-state index in [1.165, 1.54) is 17.2 Å². The number of hydrogen-bond acceptors (Lipinski definition) is 5. The second-order valence-corrected chi connectivity index (χ2v) is 8.82.